The van der Waals surface area contributed by atoms with Gasteiger partial charge < -0.3 is 10.2 Å². The molecule has 3 aromatic rings. The van der Waals surface area contributed by atoms with Crippen molar-refractivity contribution >= 4 is 11.6 Å². The highest BCUT2D eigenvalue weighted by Gasteiger charge is 2.26. The van der Waals surface area contributed by atoms with E-state index >= 15 is 0 Å². The molecule has 1 fully saturated rings. The van der Waals surface area contributed by atoms with Gasteiger partial charge in [0.2, 0.25) is 5.91 Å². The van der Waals surface area contributed by atoms with Crippen LogP contribution in [-0.4, -0.2) is 28.8 Å². The highest BCUT2D eigenvalue weighted by atomic mass is 19.1. The van der Waals surface area contributed by atoms with Crippen LogP contribution in [0.15, 0.2) is 71.7 Å². The number of aromatic nitrogens is 2. The van der Waals surface area contributed by atoms with Gasteiger partial charge in [0.1, 0.15) is 5.82 Å². The van der Waals surface area contributed by atoms with Crippen LogP contribution >= 0.6 is 0 Å². The molecule has 0 saturated carbocycles. The van der Waals surface area contributed by atoms with E-state index in [1.54, 1.807) is 24.4 Å². The first-order valence-electron chi connectivity index (χ1n) is 10.9. The van der Waals surface area contributed by atoms with Gasteiger partial charge in [0, 0.05) is 25.1 Å². The minimum atomic E-state index is -0.290. The maximum Gasteiger partial charge on any atom is 0.269 e. The fraction of sp³-hybridized carbons (Fsp3) is 0.320. The third-order valence-corrected chi connectivity index (χ3v) is 5.99. The van der Waals surface area contributed by atoms with E-state index in [4.69, 9.17) is 0 Å². The molecule has 1 aromatic heterocycles. The molecule has 1 aliphatic rings. The van der Waals surface area contributed by atoms with Crippen molar-refractivity contribution in [3.05, 3.63) is 94.2 Å². The molecule has 0 bridgehead atoms. The summed E-state index contributed by atoms with van der Waals surface area (Å²) < 4.78 is 14.6. The molecule has 1 N–H and O–H groups in total. The molecule has 0 aliphatic carbocycles. The Kier molecular flexibility index (Phi) is 6.63. The van der Waals surface area contributed by atoms with Gasteiger partial charge in [-0.05, 0) is 43.0 Å². The summed E-state index contributed by atoms with van der Waals surface area (Å²) in [6, 6.07) is 17.4. The van der Waals surface area contributed by atoms with Crippen LogP contribution in [0, 0.1) is 11.7 Å². The minimum absolute atomic E-state index is 0.0119. The Morgan fingerprint density at radius 3 is 2.47 bits per heavy atom. The van der Waals surface area contributed by atoms with Crippen LogP contribution in [0.1, 0.15) is 36.9 Å². The average molecular weight is 435 g/mol. The topological polar surface area (TPSA) is 67.2 Å². The van der Waals surface area contributed by atoms with E-state index in [0.717, 1.165) is 16.8 Å². The summed E-state index contributed by atoms with van der Waals surface area (Å²) in [5, 5.41) is 7.37. The van der Waals surface area contributed by atoms with E-state index in [-0.39, 0.29) is 29.2 Å². The zero-order valence-electron chi connectivity index (χ0n) is 18.1. The van der Waals surface area contributed by atoms with Gasteiger partial charge in [0.15, 0.2) is 0 Å². The lowest BCUT2D eigenvalue weighted by Gasteiger charge is -2.33. The smallest absolute Gasteiger partial charge is 0.269 e. The molecule has 0 radical (unpaired) electrons. The molecule has 1 unspecified atom stereocenters. The summed E-state index contributed by atoms with van der Waals surface area (Å²) in [6.07, 6.45) is 3.13. The summed E-state index contributed by atoms with van der Waals surface area (Å²) in [7, 11) is 0. The van der Waals surface area contributed by atoms with Crippen LogP contribution in [0.4, 0.5) is 10.1 Å². The number of anilines is 1. The first-order chi connectivity index (χ1) is 15.5. The predicted molar refractivity (Wildman–Crippen MR) is 122 cm³/mol. The molecule has 0 spiro atoms. The quantitative estimate of drug-likeness (QED) is 0.645. The van der Waals surface area contributed by atoms with Crippen molar-refractivity contribution in [2.24, 2.45) is 5.92 Å². The number of hydrogen-bond acceptors (Lipinski definition) is 4. The van der Waals surface area contributed by atoms with Gasteiger partial charge >= 0.3 is 0 Å². The molecule has 6 nitrogen and oxygen atoms in total. The molecule has 166 valence electrons. The summed E-state index contributed by atoms with van der Waals surface area (Å²) in [5.41, 5.74) is 2.55. The molecule has 4 rings (SSSR count). The average Bonchev–Trinajstić information content (AvgIpc) is 2.81. The van der Waals surface area contributed by atoms with Crippen molar-refractivity contribution < 1.29 is 9.18 Å². The van der Waals surface area contributed by atoms with Crippen molar-refractivity contribution in [3.63, 3.8) is 0 Å². The standard InChI is InChI=1S/C25H27FN4O2/c1-18(20-7-9-22(26)10-8-20)28-25(32)21-11-13-29(14-12-21)23-15-24(31)30(27-16-23)17-19-5-3-2-4-6-19/h2-10,15-16,18,21H,11-14,17H2,1H3,(H,28,32). The molecule has 7 heteroatoms. The molecular weight excluding hydrogens is 407 g/mol. The first kappa shape index (κ1) is 21.7. The molecule has 32 heavy (non-hydrogen) atoms. The second kappa shape index (κ2) is 9.77. The van der Waals surface area contributed by atoms with Crippen LogP contribution in [0.2, 0.25) is 0 Å². The Balaban J connectivity index is 1.32. The van der Waals surface area contributed by atoms with Crippen LogP contribution < -0.4 is 15.8 Å². The SMILES string of the molecule is CC(NC(=O)C1CCN(c2cnn(Cc3ccccc3)c(=O)c2)CC1)c1ccc(F)cc1. The van der Waals surface area contributed by atoms with Gasteiger partial charge in [-0.15, -0.1) is 0 Å². The van der Waals surface area contributed by atoms with Gasteiger partial charge in [-0.3, -0.25) is 9.59 Å². The lowest BCUT2D eigenvalue weighted by molar-refractivity contribution is -0.126. The molecular formula is C25H27FN4O2. The van der Waals surface area contributed by atoms with Gasteiger partial charge in [-0.2, -0.15) is 5.10 Å². The van der Waals surface area contributed by atoms with Gasteiger partial charge in [-0.1, -0.05) is 42.5 Å². The Morgan fingerprint density at radius 2 is 1.81 bits per heavy atom. The summed E-state index contributed by atoms with van der Waals surface area (Å²) in [5.74, 6) is -0.361. The highest BCUT2D eigenvalue weighted by molar-refractivity contribution is 5.79. The predicted octanol–water partition coefficient (Wildman–Crippen LogP) is 3.52. The third kappa shape index (κ3) is 5.22. The Morgan fingerprint density at radius 1 is 1.12 bits per heavy atom. The maximum atomic E-state index is 13.1. The molecule has 1 atom stereocenters. The van der Waals surface area contributed by atoms with Crippen molar-refractivity contribution in [3.8, 4) is 0 Å². The molecule has 2 heterocycles. The third-order valence-electron chi connectivity index (χ3n) is 5.99. The Hall–Kier alpha value is -3.48. The van der Waals surface area contributed by atoms with E-state index in [2.05, 4.69) is 15.3 Å². The lowest BCUT2D eigenvalue weighted by atomic mass is 9.95. The van der Waals surface area contributed by atoms with Crippen molar-refractivity contribution in [1.82, 2.24) is 15.1 Å². The Labute approximate surface area is 186 Å². The fourth-order valence-electron chi connectivity index (χ4n) is 4.04. The minimum Gasteiger partial charge on any atom is -0.370 e. The first-order valence-corrected chi connectivity index (χ1v) is 10.9. The number of amides is 1. The van der Waals surface area contributed by atoms with E-state index in [1.165, 1.54) is 16.8 Å². The van der Waals surface area contributed by atoms with Crippen molar-refractivity contribution in [2.45, 2.75) is 32.4 Å². The van der Waals surface area contributed by atoms with Crippen molar-refractivity contribution in [1.29, 1.82) is 0 Å². The van der Waals surface area contributed by atoms with E-state index in [1.807, 2.05) is 37.3 Å². The van der Waals surface area contributed by atoms with E-state index in [0.29, 0.717) is 32.5 Å². The fourth-order valence-corrected chi connectivity index (χ4v) is 4.04. The molecule has 2 aromatic carbocycles. The number of carbonyl (C=O) groups is 1. The normalized spacial score (nSPS) is 15.4. The largest absolute Gasteiger partial charge is 0.370 e. The number of piperidine rings is 1. The maximum absolute atomic E-state index is 13.1. The number of nitrogens with zero attached hydrogens (tertiary/aromatic N) is 3. The lowest BCUT2D eigenvalue weighted by Crippen LogP contribution is -2.41. The summed E-state index contributed by atoms with van der Waals surface area (Å²) in [6.45, 7) is 3.71. The number of nitrogens with one attached hydrogen (secondary N) is 1. The Bertz CT molecular complexity index is 1110. The summed E-state index contributed by atoms with van der Waals surface area (Å²) in [4.78, 5) is 27.3. The summed E-state index contributed by atoms with van der Waals surface area (Å²) >= 11 is 0. The number of rotatable bonds is 6. The number of halogens is 1. The van der Waals surface area contributed by atoms with E-state index < -0.39 is 0 Å². The second-order valence-corrected chi connectivity index (χ2v) is 8.24. The molecule has 1 amide bonds. The van der Waals surface area contributed by atoms with E-state index in [9.17, 15) is 14.0 Å². The van der Waals surface area contributed by atoms with Gasteiger partial charge in [0.05, 0.1) is 24.5 Å². The molecule has 1 aliphatic heterocycles. The van der Waals surface area contributed by atoms with Crippen LogP contribution in [0.5, 0.6) is 0 Å². The monoisotopic (exact) mass is 434 g/mol. The number of carbonyl (C=O) groups excluding carboxylic acids is 1. The number of hydrogen-bond donors (Lipinski definition) is 1. The zero-order chi connectivity index (χ0) is 22.5. The zero-order valence-corrected chi connectivity index (χ0v) is 18.1. The van der Waals surface area contributed by atoms with Gasteiger partial charge in [0.25, 0.3) is 5.56 Å². The van der Waals surface area contributed by atoms with Gasteiger partial charge in [-0.25, -0.2) is 9.07 Å². The molecule has 1 saturated heterocycles. The van der Waals surface area contributed by atoms with Crippen LogP contribution in [0.25, 0.3) is 0 Å². The van der Waals surface area contributed by atoms with Crippen molar-refractivity contribution in [2.75, 3.05) is 18.0 Å². The van der Waals surface area contributed by atoms with Crippen LogP contribution in [-0.2, 0) is 11.3 Å². The highest BCUT2D eigenvalue weighted by Crippen LogP contribution is 2.23. The van der Waals surface area contributed by atoms with Crippen LogP contribution in [0.3, 0.4) is 0 Å². The second-order valence-electron chi connectivity index (χ2n) is 8.24. The number of benzene rings is 2.